The van der Waals surface area contributed by atoms with Crippen LogP contribution in [0.3, 0.4) is 0 Å². The van der Waals surface area contributed by atoms with Crippen molar-refractivity contribution in [2.45, 2.75) is 12.8 Å². The highest BCUT2D eigenvalue weighted by Gasteiger charge is 2.04. The molecule has 21 heavy (non-hydrogen) atoms. The van der Waals surface area contributed by atoms with E-state index in [1.807, 2.05) is 36.4 Å². The van der Waals surface area contributed by atoms with Crippen LogP contribution >= 0.6 is 0 Å². The summed E-state index contributed by atoms with van der Waals surface area (Å²) in [4.78, 5) is 23.3. The summed E-state index contributed by atoms with van der Waals surface area (Å²) in [5, 5.41) is 0. The third-order valence-electron chi connectivity index (χ3n) is 2.94. The fourth-order valence-corrected chi connectivity index (χ4v) is 1.81. The van der Waals surface area contributed by atoms with Crippen LogP contribution in [0, 0.1) is 0 Å². The zero-order valence-electron chi connectivity index (χ0n) is 11.6. The van der Waals surface area contributed by atoms with Crippen molar-refractivity contribution in [3.8, 4) is 0 Å². The van der Waals surface area contributed by atoms with Crippen LogP contribution in [-0.2, 0) is 16.0 Å². The first kappa shape index (κ1) is 14.7. The topological polar surface area (TPSA) is 43.4 Å². The van der Waals surface area contributed by atoms with Gasteiger partial charge in [-0.1, -0.05) is 48.5 Å². The number of aryl methyl sites for hydroxylation is 1. The maximum absolute atomic E-state index is 11.7. The molecule has 0 spiro atoms. The molecule has 0 saturated carbocycles. The van der Waals surface area contributed by atoms with Crippen LogP contribution in [-0.4, -0.2) is 11.8 Å². The van der Waals surface area contributed by atoms with Crippen LogP contribution in [0.4, 0.5) is 0 Å². The molecule has 2 aromatic carbocycles. The summed E-state index contributed by atoms with van der Waals surface area (Å²) in [6, 6.07) is 18.4. The fourth-order valence-electron chi connectivity index (χ4n) is 1.81. The molecule has 0 aliphatic heterocycles. The molecular weight excluding hydrogens is 264 g/mol. The van der Waals surface area contributed by atoms with Crippen molar-refractivity contribution < 1.29 is 14.3 Å². The van der Waals surface area contributed by atoms with E-state index in [1.54, 1.807) is 24.3 Å². The largest absolute Gasteiger partial charge is 0.431 e. The minimum atomic E-state index is -0.470. The molecule has 106 valence electrons. The zero-order valence-corrected chi connectivity index (χ0v) is 11.6. The highest BCUT2D eigenvalue weighted by atomic mass is 16.5. The van der Waals surface area contributed by atoms with Gasteiger partial charge in [-0.15, -0.1) is 0 Å². The van der Waals surface area contributed by atoms with E-state index < -0.39 is 5.97 Å². The maximum atomic E-state index is 11.7. The van der Waals surface area contributed by atoms with E-state index in [0.717, 1.165) is 11.8 Å². The average Bonchev–Trinajstić information content (AvgIpc) is 2.54. The van der Waals surface area contributed by atoms with Gasteiger partial charge in [-0.25, -0.2) is 4.79 Å². The summed E-state index contributed by atoms with van der Waals surface area (Å²) in [6.07, 6.45) is 3.52. The molecule has 0 unspecified atom stereocenters. The molecule has 0 aliphatic rings. The first-order chi connectivity index (χ1) is 10.3. The van der Waals surface area contributed by atoms with Gasteiger partial charge in [0.2, 0.25) is 0 Å². The van der Waals surface area contributed by atoms with Crippen molar-refractivity contribution in [2.75, 3.05) is 0 Å². The predicted molar refractivity (Wildman–Crippen MR) is 80.8 cm³/mol. The minimum Gasteiger partial charge on any atom is -0.431 e. The number of hydrogen-bond donors (Lipinski definition) is 0. The molecule has 0 amide bonds. The molecule has 0 fully saturated rings. The van der Waals surface area contributed by atoms with E-state index in [4.69, 9.17) is 4.74 Å². The Morgan fingerprint density at radius 2 is 1.52 bits per heavy atom. The molecule has 0 radical (unpaired) electrons. The smallest absolute Gasteiger partial charge is 0.342 e. The second kappa shape index (κ2) is 7.80. The number of carbonyl (C=O) groups is 2. The standard InChI is InChI=1S/C18H16O3/c19-17(12-11-15-7-3-1-4-8-15)13-14-21-18(20)16-9-5-2-6-10-16/h1-10,13-14H,11-12H2/b14-13+. The average molecular weight is 280 g/mol. The summed E-state index contributed by atoms with van der Waals surface area (Å²) in [7, 11) is 0. The van der Waals surface area contributed by atoms with Crippen molar-refractivity contribution in [3.63, 3.8) is 0 Å². The molecule has 2 rings (SSSR count). The third-order valence-corrected chi connectivity index (χ3v) is 2.94. The van der Waals surface area contributed by atoms with Crippen LogP contribution < -0.4 is 0 Å². The Morgan fingerprint density at radius 1 is 0.905 bits per heavy atom. The van der Waals surface area contributed by atoms with Gasteiger partial charge in [-0.3, -0.25) is 4.79 Å². The van der Waals surface area contributed by atoms with Gasteiger partial charge < -0.3 is 4.74 Å². The highest BCUT2D eigenvalue weighted by molar-refractivity contribution is 5.92. The number of esters is 1. The Balaban J connectivity index is 1.76. The number of benzene rings is 2. The number of ketones is 1. The molecule has 3 nitrogen and oxygen atoms in total. The van der Waals surface area contributed by atoms with Crippen molar-refractivity contribution in [3.05, 3.63) is 84.1 Å². The van der Waals surface area contributed by atoms with E-state index in [0.29, 0.717) is 18.4 Å². The Labute approximate surface area is 123 Å². The second-order valence-electron chi connectivity index (χ2n) is 4.53. The number of allylic oxidation sites excluding steroid dienone is 1. The predicted octanol–water partition coefficient (Wildman–Crippen LogP) is 3.56. The SMILES string of the molecule is O=C(/C=C/OC(=O)c1ccccc1)CCc1ccccc1. The Bertz CT molecular complexity index is 615. The lowest BCUT2D eigenvalue weighted by Gasteiger charge is -1.99. The number of carbonyl (C=O) groups excluding carboxylic acids is 2. The van der Waals surface area contributed by atoms with Gasteiger partial charge >= 0.3 is 5.97 Å². The molecule has 0 saturated heterocycles. The van der Waals surface area contributed by atoms with Gasteiger partial charge in [-0.2, -0.15) is 0 Å². The summed E-state index contributed by atoms with van der Waals surface area (Å²) in [6.45, 7) is 0. The van der Waals surface area contributed by atoms with Crippen LogP contribution in [0.25, 0.3) is 0 Å². The molecule has 0 N–H and O–H groups in total. The Morgan fingerprint density at radius 3 is 2.19 bits per heavy atom. The minimum absolute atomic E-state index is 0.0697. The number of ether oxygens (including phenoxy) is 1. The normalized spacial score (nSPS) is 10.5. The maximum Gasteiger partial charge on any atom is 0.342 e. The molecule has 0 aliphatic carbocycles. The van der Waals surface area contributed by atoms with Gasteiger partial charge in [0, 0.05) is 12.5 Å². The molecular formula is C18H16O3. The molecule has 0 bridgehead atoms. The lowest BCUT2D eigenvalue weighted by atomic mass is 10.1. The van der Waals surface area contributed by atoms with Crippen LogP contribution in [0.2, 0.25) is 0 Å². The fraction of sp³-hybridized carbons (Fsp3) is 0.111. The van der Waals surface area contributed by atoms with Gasteiger partial charge in [0.25, 0.3) is 0 Å². The van der Waals surface area contributed by atoms with Gasteiger partial charge in [0.05, 0.1) is 11.8 Å². The van der Waals surface area contributed by atoms with Crippen molar-refractivity contribution >= 4 is 11.8 Å². The van der Waals surface area contributed by atoms with E-state index >= 15 is 0 Å². The molecule has 0 aromatic heterocycles. The summed E-state index contributed by atoms with van der Waals surface area (Å²) < 4.78 is 4.91. The lowest BCUT2D eigenvalue weighted by Crippen LogP contribution is -2.01. The van der Waals surface area contributed by atoms with Crippen LogP contribution in [0.5, 0.6) is 0 Å². The molecule has 3 heteroatoms. The summed E-state index contributed by atoms with van der Waals surface area (Å²) in [5.74, 6) is -0.539. The lowest BCUT2D eigenvalue weighted by molar-refractivity contribution is -0.114. The van der Waals surface area contributed by atoms with E-state index in [-0.39, 0.29) is 5.78 Å². The highest BCUT2D eigenvalue weighted by Crippen LogP contribution is 2.04. The third kappa shape index (κ3) is 5.07. The monoisotopic (exact) mass is 280 g/mol. The first-order valence-electron chi connectivity index (χ1n) is 6.75. The van der Waals surface area contributed by atoms with E-state index in [1.165, 1.54) is 6.08 Å². The van der Waals surface area contributed by atoms with E-state index in [9.17, 15) is 9.59 Å². The van der Waals surface area contributed by atoms with Crippen molar-refractivity contribution in [2.24, 2.45) is 0 Å². The van der Waals surface area contributed by atoms with Gasteiger partial charge in [0.1, 0.15) is 0 Å². The first-order valence-corrected chi connectivity index (χ1v) is 6.75. The van der Waals surface area contributed by atoms with Crippen molar-refractivity contribution in [1.82, 2.24) is 0 Å². The quantitative estimate of drug-likeness (QED) is 0.461. The second-order valence-corrected chi connectivity index (χ2v) is 4.53. The molecule has 0 atom stereocenters. The van der Waals surface area contributed by atoms with E-state index in [2.05, 4.69) is 0 Å². The summed E-state index contributed by atoms with van der Waals surface area (Å²) >= 11 is 0. The number of hydrogen-bond acceptors (Lipinski definition) is 3. The van der Waals surface area contributed by atoms with Crippen molar-refractivity contribution in [1.29, 1.82) is 0 Å². The summed E-state index contributed by atoms with van der Waals surface area (Å²) in [5.41, 5.74) is 1.57. The van der Waals surface area contributed by atoms with Gasteiger partial charge in [-0.05, 0) is 24.1 Å². The zero-order chi connectivity index (χ0) is 14.9. The molecule has 0 heterocycles. The van der Waals surface area contributed by atoms with Crippen LogP contribution in [0.1, 0.15) is 22.3 Å². The number of rotatable bonds is 6. The molecule has 2 aromatic rings. The Kier molecular flexibility index (Phi) is 5.47. The Hall–Kier alpha value is -2.68. The van der Waals surface area contributed by atoms with Gasteiger partial charge in [0.15, 0.2) is 5.78 Å². The van der Waals surface area contributed by atoms with Crippen LogP contribution in [0.15, 0.2) is 73.0 Å².